The van der Waals surface area contributed by atoms with E-state index in [0.29, 0.717) is 13.1 Å². The molecule has 1 heterocycles. The highest BCUT2D eigenvalue weighted by Gasteiger charge is 2.17. The molecule has 0 radical (unpaired) electrons. The zero-order valence-electron chi connectivity index (χ0n) is 9.83. The molecule has 0 atom stereocenters. The Morgan fingerprint density at radius 1 is 1.50 bits per heavy atom. The molecule has 6 heteroatoms. The van der Waals surface area contributed by atoms with E-state index in [1.807, 2.05) is 6.07 Å². The number of aromatic nitrogens is 2. The van der Waals surface area contributed by atoms with Gasteiger partial charge in [0.2, 0.25) is 0 Å². The molecule has 0 spiro atoms. The van der Waals surface area contributed by atoms with Crippen molar-refractivity contribution >= 4 is 11.7 Å². The van der Waals surface area contributed by atoms with Crippen LogP contribution >= 0.6 is 0 Å². The minimum atomic E-state index is -0.694. The molecule has 0 unspecified atom stereocenters. The Morgan fingerprint density at radius 3 is 2.56 bits per heavy atom. The van der Waals surface area contributed by atoms with E-state index in [1.165, 1.54) is 6.20 Å². The fourth-order valence-corrected chi connectivity index (χ4v) is 1.39. The first-order chi connectivity index (χ1) is 8.63. The molecule has 0 aliphatic rings. The van der Waals surface area contributed by atoms with Crippen molar-refractivity contribution in [2.24, 2.45) is 5.73 Å². The van der Waals surface area contributed by atoms with Gasteiger partial charge in [-0.3, -0.25) is 4.79 Å². The van der Waals surface area contributed by atoms with Crippen molar-refractivity contribution in [3.8, 4) is 6.07 Å². The lowest BCUT2D eigenvalue weighted by atomic mass is 10.3. The van der Waals surface area contributed by atoms with Crippen LogP contribution in [0.15, 0.2) is 31.5 Å². The van der Waals surface area contributed by atoms with E-state index in [-0.39, 0.29) is 17.2 Å². The van der Waals surface area contributed by atoms with Crippen LogP contribution in [-0.4, -0.2) is 29.0 Å². The lowest BCUT2D eigenvalue weighted by Gasteiger charge is -2.21. The van der Waals surface area contributed by atoms with Gasteiger partial charge in [-0.15, -0.1) is 13.2 Å². The number of nitrogens with two attached hydrogens (primary N) is 1. The van der Waals surface area contributed by atoms with E-state index in [0.717, 1.165) is 0 Å². The first kappa shape index (κ1) is 13.4. The van der Waals surface area contributed by atoms with Gasteiger partial charge in [0.05, 0.1) is 6.20 Å². The van der Waals surface area contributed by atoms with Crippen molar-refractivity contribution in [1.29, 1.82) is 5.26 Å². The average molecular weight is 243 g/mol. The van der Waals surface area contributed by atoms with E-state index < -0.39 is 5.91 Å². The Labute approximate surface area is 105 Å². The number of nitrogens with zero attached hydrogens (tertiary/aromatic N) is 4. The molecule has 0 saturated heterocycles. The summed E-state index contributed by atoms with van der Waals surface area (Å²) in [6.45, 7) is 8.12. The summed E-state index contributed by atoms with van der Waals surface area (Å²) in [5.74, 6) is -0.429. The van der Waals surface area contributed by atoms with Crippen LogP contribution in [0.2, 0.25) is 0 Å². The summed E-state index contributed by atoms with van der Waals surface area (Å²) in [4.78, 5) is 20.9. The van der Waals surface area contributed by atoms with Gasteiger partial charge >= 0.3 is 0 Å². The largest absolute Gasteiger partial charge is 0.364 e. The van der Waals surface area contributed by atoms with Crippen molar-refractivity contribution in [2.45, 2.75) is 0 Å². The van der Waals surface area contributed by atoms with E-state index >= 15 is 0 Å². The SMILES string of the molecule is C=CCN(CC=C)c1nc(C#N)cnc1C(N)=O. The molecule has 0 saturated carbocycles. The summed E-state index contributed by atoms with van der Waals surface area (Å²) in [6, 6.07) is 1.87. The van der Waals surface area contributed by atoms with Crippen molar-refractivity contribution in [2.75, 3.05) is 18.0 Å². The van der Waals surface area contributed by atoms with Gasteiger partial charge in [-0.2, -0.15) is 5.26 Å². The Bertz CT molecular complexity index is 508. The Hall–Kier alpha value is -2.68. The second-order valence-corrected chi connectivity index (χ2v) is 3.39. The van der Waals surface area contributed by atoms with Gasteiger partial charge in [-0.1, -0.05) is 12.2 Å². The fraction of sp³-hybridized carbons (Fsp3) is 0.167. The van der Waals surface area contributed by atoms with Crippen LogP contribution in [0, 0.1) is 11.3 Å². The fourth-order valence-electron chi connectivity index (χ4n) is 1.39. The van der Waals surface area contributed by atoms with Crippen molar-refractivity contribution in [1.82, 2.24) is 9.97 Å². The lowest BCUT2D eigenvalue weighted by molar-refractivity contribution is 0.0995. The number of carbonyl (C=O) groups excluding carboxylic acids is 1. The van der Waals surface area contributed by atoms with Gasteiger partial charge in [0, 0.05) is 13.1 Å². The summed E-state index contributed by atoms with van der Waals surface area (Å²) in [5.41, 5.74) is 5.38. The molecular formula is C12H13N5O. The van der Waals surface area contributed by atoms with E-state index in [9.17, 15) is 4.79 Å². The van der Waals surface area contributed by atoms with Crippen molar-refractivity contribution in [3.63, 3.8) is 0 Å². The van der Waals surface area contributed by atoms with Crippen LogP contribution in [0.25, 0.3) is 0 Å². The third kappa shape index (κ3) is 2.92. The molecule has 0 aliphatic heterocycles. The predicted molar refractivity (Wildman–Crippen MR) is 67.9 cm³/mol. The third-order valence-electron chi connectivity index (χ3n) is 2.10. The van der Waals surface area contributed by atoms with Gasteiger partial charge in [-0.05, 0) is 0 Å². The molecule has 2 N–H and O–H groups in total. The molecule has 1 aromatic rings. The van der Waals surface area contributed by atoms with Gasteiger partial charge in [0.1, 0.15) is 6.07 Å². The van der Waals surface area contributed by atoms with Gasteiger partial charge in [0.25, 0.3) is 5.91 Å². The number of rotatable bonds is 6. The second kappa shape index (κ2) is 6.15. The zero-order valence-corrected chi connectivity index (χ0v) is 9.83. The van der Waals surface area contributed by atoms with E-state index in [2.05, 4.69) is 23.1 Å². The molecule has 6 nitrogen and oxygen atoms in total. The maximum atomic E-state index is 11.3. The van der Waals surface area contributed by atoms with Crippen molar-refractivity contribution < 1.29 is 4.79 Å². The van der Waals surface area contributed by atoms with Crippen LogP contribution in [0.4, 0.5) is 5.82 Å². The van der Waals surface area contributed by atoms with Crippen LogP contribution in [0.1, 0.15) is 16.2 Å². The number of primary amides is 1. The molecule has 0 bridgehead atoms. The van der Waals surface area contributed by atoms with Crippen LogP contribution < -0.4 is 10.6 Å². The number of hydrogen-bond donors (Lipinski definition) is 1. The van der Waals surface area contributed by atoms with Crippen LogP contribution in [0.5, 0.6) is 0 Å². The maximum Gasteiger partial charge on any atom is 0.271 e. The van der Waals surface area contributed by atoms with Crippen LogP contribution in [-0.2, 0) is 0 Å². The van der Waals surface area contributed by atoms with Crippen molar-refractivity contribution in [3.05, 3.63) is 42.9 Å². The lowest BCUT2D eigenvalue weighted by Crippen LogP contribution is -2.29. The quantitative estimate of drug-likeness (QED) is 0.739. The zero-order chi connectivity index (χ0) is 13.5. The Balaban J connectivity index is 3.31. The molecule has 0 aromatic carbocycles. The number of hydrogen-bond acceptors (Lipinski definition) is 5. The molecular weight excluding hydrogens is 230 g/mol. The van der Waals surface area contributed by atoms with Gasteiger partial charge in [-0.25, -0.2) is 9.97 Å². The molecule has 18 heavy (non-hydrogen) atoms. The summed E-state index contributed by atoms with van der Waals surface area (Å²) in [7, 11) is 0. The summed E-state index contributed by atoms with van der Waals surface area (Å²) in [6.07, 6.45) is 4.51. The number of carbonyl (C=O) groups is 1. The monoisotopic (exact) mass is 243 g/mol. The molecule has 0 fully saturated rings. The minimum Gasteiger partial charge on any atom is -0.364 e. The predicted octanol–water partition coefficient (Wildman–Crippen LogP) is 0.626. The normalized spacial score (nSPS) is 9.28. The summed E-state index contributed by atoms with van der Waals surface area (Å²) in [5, 5.41) is 8.81. The molecule has 92 valence electrons. The highest BCUT2D eigenvalue weighted by atomic mass is 16.1. The first-order valence-electron chi connectivity index (χ1n) is 5.17. The number of amides is 1. The number of nitriles is 1. The average Bonchev–Trinajstić information content (AvgIpc) is 2.37. The molecule has 0 aliphatic carbocycles. The molecule has 1 amide bonds. The molecule has 1 aromatic heterocycles. The van der Waals surface area contributed by atoms with Crippen LogP contribution in [0.3, 0.4) is 0 Å². The summed E-state index contributed by atoms with van der Waals surface area (Å²) < 4.78 is 0. The highest BCUT2D eigenvalue weighted by Crippen LogP contribution is 2.15. The van der Waals surface area contributed by atoms with Gasteiger partial charge < -0.3 is 10.6 Å². The maximum absolute atomic E-state index is 11.3. The third-order valence-corrected chi connectivity index (χ3v) is 2.10. The number of anilines is 1. The topological polar surface area (TPSA) is 95.9 Å². The standard InChI is InChI=1S/C12H13N5O/c1-3-5-17(6-4-2)12-10(11(14)18)15-8-9(7-13)16-12/h3-4,8H,1-2,5-6H2,(H2,14,18). The van der Waals surface area contributed by atoms with E-state index in [1.54, 1.807) is 17.1 Å². The smallest absolute Gasteiger partial charge is 0.271 e. The summed E-state index contributed by atoms with van der Waals surface area (Å²) >= 11 is 0. The Kier molecular flexibility index (Phi) is 4.58. The minimum absolute atomic E-state index is 0.0256. The Morgan fingerprint density at radius 2 is 2.11 bits per heavy atom. The van der Waals surface area contributed by atoms with Gasteiger partial charge in [0.15, 0.2) is 17.2 Å². The van der Waals surface area contributed by atoms with E-state index in [4.69, 9.17) is 11.0 Å². The molecule has 1 rings (SSSR count). The second-order valence-electron chi connectivity index (χ2n) is 3.39. The first-order valence-corrected chi connectivity index (χ1v) is 5.17. The highest BCUT2D eigenvalue weighted by molar-refractivity contribution is 5.95.